The summed E-state index contributed by atoms with van der Waals surface area (Å²) in [6.45, 7) is 4.24. The Bertz CT molecular complexity index is 466. The normalized spacial score (nSPS) is 19.7. The molecule has 116 valence electrons. The molecule has 2 rings (SSSR count). The van der Waals surface area contributed by atoms with E-state index in [0.29, 0.717) is 12.6 Å². The topological polar surface area (TPSA) is 55.8 Å². The number of carboxylic acids is 1. The zero-order valence-corrected chi connectivity index (χ0v) is 13.8. The van der Waals surface area contributed by atoms with Gasteiger partial charge in [-0.25, -0.2) is 0 Å². The van der Waals surface area contributed by atoms with Crippen LogP contribution in [-0.4, -0.2) is 61.8 Å². The lowest BCUT2D eigenvalue weighted by Crippen LogP contribution is -2.56. The molecule has 0 spiro atoms. The van der Waals surface area contributed by atoms with Crippen LogP contribution in [0, 0.1) is 0 Å². The van der Waals surface area contributed by atoms with E-state index in [2.05, 4.69) is 55.3 Å². The number of carboxylic acid groups (broad SMARTS) is 1. The number of nitrogens with zero attached hydrogens (tertiary/aromatic N) is 2. The zero-order valence-electron chi connectivity index (χ0n) is 12.3. The maximum absolute atomic E-state index is 10.8. The first-order valence-electron chi connectivity index (χ1n) is 7.21. The lowest BCUT2D eigenvalue weighted by molar-refractivity contribution is -0.137. The molecule has 1 atom stereocenters. The first-order valence-corrected chi connectivity index (χ1v) is 8.00. The summed E-state index contributed by atoms with van der Waals surface area (Å²) in [5.41, 5.74) is 1.22. The first kappa shape index (κ1) is 16.3. The highest BCUT2D eigenvalue weighted by Crippen LogP contribution is 2.21. The highest BCUT2D eigenvalue weighted by atomic mass is 79.9. The fourth-order valence-corrected chi connectivity index (χ4v) is 3.01. The van der Waals surface area contributed by atoms with Gasteiger partial charge < -0.3 is 15.3 Å². The average Bonchev–Trinajstić information content (AvgIpc) is 2.47. The fourth-order valence-electron chi connectivity index (χ4n) is 2.74. The molecule has 1 aromatic rings. The summed E-state index contributed by atoms with van der Waals surface area (Å²) in [6.07, 6.45) is 0.207. The summed E-state index contributed by atoms with van der Waals surface area (Å²) in [4.78, 5) is 15.4. The second-order valence-corrected chi connectivity index (χ2v) is 6.23. The van der Waals surface area contributed by atoms with Crippen LogP contribution in [0.4, 0.5) is 5.69 Å². The molecule has 1 saturated heterocycles. The SMILES string of the molecule is CNCC1CN(c2ccc(Br)cc2)CCN1CCC(=O)O. The van der Waals surface area contributed by atoms with Crippen LogP contribution in [0.5, 0.6) is 0 Å². The zero-order chi connectivity index (χ0) is 15.2. The van der Waals surface area contributed by atoms with E-state index in [4.69, 9.17) is 5.11 Å². The van der Waals surface area contributed by atoms with E-state index in [1.54, 1.807) is 0 Å². The summed E-state index contributed by atoms with van der Waals surface area (Å²) in [6, 6.07) is 8.69. The number of piperazine rings is 1. The molecule has 0 radical (unpaired) electrons. The quantitative estimate of drug-likeness (QED) is 0.812. The predicted octanol–water partition coefficient (Wildman–Crippen LogP) is 1.63. The molecule has 0 bridgehead atoms. The molecule has 1 unspecified atom stereocenters. The van der Waals surface area contributed by atoms with Gasteiger partial charge in [0.1, 0.15) is 0 Å². The average molecular weight is 356 g/mol. The number of rotatable bonds is 6. The smallest absolute Gasteiger partial charge is 0.304 e. The molecule has 1 heterocycles. The van der Waals surface area contributed by atoms with Crippen LogP contribution in [0.25, 0.3) is 0 Å². The van der Waals surface area contributed by atoms with E-state index < -0.39 is 5.97 Å². The van der Waals surface area contributed by atoms with Gasteiger partial charge in [-0.1, -0.05) is 15.9 Å². The van der Waals surface area contributed by atoms with Gasteiger partial charge in [0.15, 0.2) is 0 Å². The van der Waals surface area contributed by atoms with E-state index in [9.17, 15) is 4.79 Å². The van der Waals surface area contributed by atoms with E-state index in [1.807, 2.05) is 7.05 Å². The third-order valence-corrected chi connectivity index (χ3v) is 4.38. The number of hydrogen-bond donors (Lipinski definition) is 2. The maximum atomic E-state index is 10.8. The molecule has 5 nitrogen and oxygen atoms in total. The van der Waals surface area contributed by atoms with Gasteiger partial charge in [0.2, 0.25) is 0 Å². The highest BCUT2D eigenvalue weighted by Gasteiger charge is 2.26. The molecule has 21 heavy (non-hydrogen) atoms. The molecular weight excluding hydrogens is 334 g/mol. The van der Waals surface area contributed by atoms with Gasteiger partial charge in [-0.2, -0.15) is 0 Å². The van der Waals surface area contributed by atoms with E-state index in [-0.39, 0.29) is 6.42 Å². The number of aliphatic carboxylic acids is 1. The Labute approximate surface area is 134 Å². The van der Waals surface area contributed by atoms with Crippen LogP contribution in [0.2, 0.25) is 0 Å². The number of anilines is 1. The van der Waals surface area contributed by atoms with Gasteiger partial charge in [0.05, 0.1) is 6.42 Å². The lowest BCUT2D eigenvalue weighted by atomic mass is 10.1. The molecule has 0 aromatic heterocycles. The van der Waals surface area contributed by atoms with Gasteiger partial charge in [-0.3, -0.25) is 9.69 Å². The molecule has 6 heteroatoms. The number of benzene rings is 1. The second kappa shape index (κ2) is 7.77. The first-order chi connectivity index (χ1) is 10.1. The van der Waals surface area contributed by atoms with Crippen molar-refractivity contribution in [2.75, 3.05) is 44.7 Å². The number of hydrogen-bond acceptors (Lipinski definition) is 4. The van der Waals surface area contributed by atoms with Crippen molar-refractivity contribution in [2.45, 2.75) is 12.5 Å². The van der Waals surface area contributed by atoms with Gasteiger partial charge in [0.25, 0.3) is 0 Å². The van der Waals surface area contributed by atoms with Crippen LogP contribution < -0.4 is 10.2 Å². The minimum absolute atomic E-state index is 0.207. The van der Waals surface area contributed by atoms with Gasteiger partial charge in [-0.15, -0.1) is 0 Å². The third kappa shape index (κ3) is 4.69. The van der Waals surface area contributed by atoms with Crippen LogP contribution in [0.1, 0.15) is 6.42 Å². The second-order valence-electron chi connectivity index (χ2n) is 5.31. The van der Waals surface area contributed by atoms with Crippen molar-refractivity contribution in [3.8, 4) is 0 Å². The van der Waals surface area contributed by atoms with E-state index in [0.717, 1.165) is 30.7 Å². The minimum atomic E-state index is -0.728. The Hall–Kier alpha value is -1.11. The van der Waals surface area contributed by atoms with Crippen molar-refractivity contribution in [3.63, 3.8) is 0 Å². The minimum Gasteiger partial charge on any atom is -0.481 e. The Balaban J connectivity index is 2.00. The molecule has 1 aliphatic rings. The summed E-state index contributed by atoms with van der Waals surface area (Å²) >= 11 is 3.46. The van der Waals surface area contributed by atoms with Crippen LogP contribution in [0.15, 0.2) is 28.7 Å². The Morgan fingerprint density at radius 2 is 2.10 bits per heavy atom. The molecule has 0 saturated carbocycles. The van der Waals surface area contributed by atoms with E-state index in [1.165, 1.54) is 5.69 Å². The number of carbonyl (C=O) groups is 1. The monoisotopic (exact) mass is 355 g/mol. The number of halogens is 1. The van der Waals surface area contributed by atoms with Crippen LogP contribution in [-0.2, 0) is 4.79 Å². The summed E-state index contributed by atoms with van der Waals surface area (Å²) < 4.78 is 1.08. The summed E-state index contributed by atoms with van der Waals surface area (Å²) in [7, 11) is 1.94. The van der Waals surface area contributed by atoms with Crippen molar-refractivity contribution >= 4 is 27.6 Å². The third-order valence-electron chi connectivity index (χ3n) is 3.85. The standard InChI is InChI=1S/C15H22BrN3O2/c1-17-10-14-11-19(13-4-2-12(16)3-5-13)9-8-18(14)7-6-15(20)21/h2-5,14,17H,6-11H2,1H3,(H,20,21). The molecule has 2 N–H and O–H groups in total. The Morgan fingerprint density at radius 3 is 2.71 bits per heavy atom. The van der Waals surface area contributed by atoms with Crippen molar-refractivity contribution in [3.05, 3.63) is 28.7 Å². The van der Waals surface area contributed by atoms with Gasteiger partial charge in [0, 0.05) is 48.9 Å². The van der Waals surface area contributed by atoms with Gasteiger partial charge in [-0.05, 0) is 31.3 Å². The van der Waals surface area contributed by atoms with E-state index >= 15 is 0 Å². The molecule has 0 aliphatic carbocycles. The summed E-state index contributed by atoms with van der Waals surface area (Å²) in [5.74, 6) is -0.728. The van der Waals surface area contributed by atoms with Crippen molar-refractivity contribution in [1.29, 1.82) is 0 Å². The maximum Gasteiger partial charge on any atom is 0.304 e. The fraction of sp³-hybridized carbons (Fsp3) is 0.533. The number of likely N-dealkylation sites (N-methyl/N-ethyl adjacent to an activating group) is 1. The molecule has 1 aliphatic heterocycles. The molecular formula is C15H22BrN3O2. The van der Waals surface area contributed by atoms with Crippen LogP contribution >= 0.6 is 15.9 Å². The van der Waals surface area contributed by atoms with Gasteiger partial charge >= 0.3 is 5.97 Å². The lowest BCUT2D eigenvalue weighted by Gasteiger charge is -2.42. The Kier molecular flexibility index (Phi) is 6.02. The van der Waals surface area contributed by atoms with Crippen molar-refractivity contribution in [1.82, 2.24) is 10.2 Å². The largest absolute Gasteiger partial charge is 0.481 e. The highest BCUT2D eigenvalue weighted by molar-refractivity contribution is 9.10. The Morgan fingerprint density at radius 1 is 1.38 bits per heavy atom. The van der Waals surface area contributed by atoms with Crippen molar-refractivity contribution in [2.24, 2.45) is 0 Å². The molecule has 0 amide bonds. The number of nitrogens with one attached hydrogen (secondary N) is 1. The predicted molar refractivity (Wildman–Crippen MR) is 87.9 cm³/mol. The molecule has 1 fully saturated rings. The van der Waals surface area contributed by atoms with Crippen LogP contribution in [0.3, 0.4) is 0 Å². The summed E-state index contributed by atoms with van der Waals surface area (Å²) in [5, 5.41) is 12.1. The molecule has 1 aromatic carbocycles. The van der Waals surface area contributed by atoms with Crippen molar-refractivity contribution < 1.29 is 9.90 Å².